The monoisotopic (exact) mass is 296 g/mol. The molecule has 0 heterocycles. The fourth-order valence-corrected chi connectivity index (χ4v) is 1.85. The SMILES string of the molecule is COc1c(Br)cc(C(F)(F)F)cc1C(C)=O. The third-order valence-corrected chi connectivity index (χ3v) is 2.54. The lowest BCUT2D eigenvalue weighted by molar-refractivity contribution is -0.137. The third kappa shape index (κ3) is 2.55. The van der Waals surface area contributed by atoms with Gasteiger partial charge in [0.15, 0.2) is 5.78 Å². The minimum Gasteiger partial charge on any atom is -0.495 e. The fourth-order valence-electron chi connectivity index (χ4n) is 1.23. The molecule has 0 saturated heterocycles. The summed E-state index contributed by atoms with van der Waals surface area (Å²) in [5.41, 5.74) is -0.977. The number of Topliss-reactive ketones (excluding diaryl/α,β-unsaturated/α-hetero) is 1. The number of benzene rings is 1. The van der Waals surface area contributed by atoms with E-state index in [4.69, 9.17) is 4.74 Å². The number of carbonyl (C=O) groups is 1. The van der Waals surface area contributed by atoms with Gasteiger partial charge in [-0.1, -0.05) is 0 Å². The highest BCUT2D eigenvalue weighted by atomic mass is 79.9. The lowest BCUT2D eigenvalue weighted by atomic mass is 10.1. The summed E-state index contributed by atoms with van der Waals surface area (Å²) >= 11 is 2.94. The number of hydrogen-bond donors (Lipinski definition) is 0. The van der Waals surface area contributed by atoms with Crippen LogP contribution in [-0.2, 0) is 6.18 Å². The maximum atomic E-state index is 12.5. The van der Waals surface area contributed by atoms with Gasteiger partial charge >= 0.3 is 6.18 Å². The Bertz CT molecular complexity index is 427. The number of halogens is 4. The van der Waals surface area contributed by atoms with E-state index in [1.807, 2.05) is 0 Å². The first-order chi connectivity index (χ1) is 7.27. The molecule has 0 N–H and O–H groups in total. The summed E-state index contributed by atoms with van der Waals surface area (Å²) in [5.74, 6) is -0.371. The Kier molecular flexibility index (Phi) is 3.62. The Labute approximate surface area is 98.5 Å². The first kappa shape index (κ1) is 13.0. The number of rotatable bonds is 2. The van der Waals surface area contributed by atoms with Crippen molar-refractivity contribution in [2.45, 2.75) is 13.1 Å². The highest BCUT2D eigenvalue weighted by Crippen LogP contribution is 2.37. The van der Waals surface area contributed by atoms with Crippen molar-refractivity contribution in [3.05, 3.63) is 27.7 Å². The number of ketones is 1. The molecule has 0 amide bonds. The lowest BCUT2D eigenvalue weighted by Crippen LogP contribution is -2.08. The van der Waals surface area contributed by atoms with E-state index in [-0.39, 0.29) is 15.8 Å². The van der Waals surface area contributed by atoms with Crippen LogP contribution in [-0.4, -0.2) is 12.9 Å². The van der Waals surface area contributed by atoms with Crippen molar-refractivity contribution < 1.29 is 22.7 Å². The van der Waals surface area contributed by atoms with Gasteiger partial charge < -0.3 is 4.74 Å². The molecule has 0 bridgehead atoms. The summed E-state index contributed by atoms with van der Waals surface area (Å²) in [6, 6.07) is 1.66. The molecular formula is C10H8BrF3O2. The molecule has 0 unspecified atom stereocenters. The van der Waals surface area contributed by atoms with Crippen molar-refractivity contribution in [1.29, 1.82) is 0 Å². The highest BCUT2D eigenvalue weighted by Gasteiger charge is 2.32. The van der Waals surface area contributed by atoms with Crippen LogP contribution in [0.2, 0.25) is 0 Å². The Hall–Kier alpha value is -1.04. The Balaban J connectivity index is 3.46. The maximum absolute atomic E-state index is 12.5. The smallest absolute Gasteiger partial charge is 0.416 e. The summed E-state index contributed by atoms with van der Waals surface area (Å²) < 4.78 is 42.4. The molecule has 0 aliphatic heterocycles. The molecule has 0 radical (unpaired) electrons. The zero-order valence-electron chi connectivity index (χ0n) is 8.48. The molecule has 16 heavy (non-hydrogen) atoms. The molecule has 0 aromatic heterocycles. The normalized spacial score (nSPS) is 11.4. The Morgan fingerprint density at radius 2 is 1.94 bits per heavy atom. The van der Waals surface area contributed by atoms with E-state index >= 15 is 0 Å². The van der Waals surface area contributed by atoms with Gasteiger partial charge in [-0.3, -0.25) is 4.79 Å². The topological polar surface area (TPSA) is 26.3 Å². The molecule has 0 aliphatic carbocycles. The van der Waals surface area contributed by atoms with Crippen LogP contribution in [0.1, 0.15) is 22.8 Å². The Morgan fingerprint density at radius 1 is 1.38 bits per heavy atom. The summed E-state index contributed by atoms with van der Waals surface area (Å²) in [5, 5.41) is 0. The van der Waals surface area contributed by atoms with Crippen molar-refractivity contribution in [2.75, 3.05) is 7.11 Å². The van der Waals surface area contributed by atoms with Crippen LogP contribution in [0.3, 0.4) is 0 Å². The molecule has 6 heteroatoms. The largest absolute Gasteiger partial charge is 0.495 e. The molecule has 1 rings (SSSR count). The zero-order valence-corrected chi connectivity index (χ0v) is 10.1. The molecule has 0 atom stereocenters. The third-order valence-electron chi connectivity index (χ3n) is 1.95. The van der Waals surface area contributed by atoms with Crippen LogP contribution >= 0.6 is 15.9 Å². The highest BCUT2D eigenvalue weighted by molar-refractivity contribution is 9.10. The van der Waals surface area contributed by atoms with Crippen LogP contribution in [0.4, 0.5) is 13.2 Å². The van der Waals surface area contributed by atoms with Crippen molar-refractivity contribution >= 4 is 21.7 Å². The Morgan fingerprint density at radius 3 is 2.31 bits per heavy atom. The first-order valence-electron chi connectivity index (χ1n) is 4.23. The molecule has 0 fully saturated rings. The molecule has 1 aromatic carbocycles. The molecule has 2 nitrogen and oxygen atoms in total. The number of alkyl halides is 3. The quantitative estimate of drug-likeness (QED) is 0.778. The molecule has 1 aromatic rings. The number of methoxy groups -OCH3 is 1. The van der Waals surface area contributed by atoms with E-state index in [0.29, 0.717) is 0 Å². The van der Waals surface area contributed by atoms with Gasteiger partial charge in [0.05, 0.1) is 22.7 Å². The summed E-state index contributed by atoms with van der Waals surface area (Å²) in [4.78, 5) is 11.2. The van der Waals surface area contributed by atoms with Crippen molar-refractivity contribution in [2.24, 2.45) is 0 Å². The zero-order chi connectivity index (χ0) is 12.5. The van der Waals surface area contributed by atoms with Crippen LogP contribution in [0.25, 0.3) is 0 Å². The second kappa shape index (κ2) is 4.45. The van der Waals surface area contributed by atoms with Gasteiger partial charge in [-0.2, -0.15) is 13.2 Å². The minimum atomic E-state index is -4.49. The van der Waals surface area contributed by atoms with Crippen LogP contribution in [0.5, 0.6) is 5.75 Å². The number of ether oxygens (including phenoxy) is 1. The molecule has 0 spiro atoms. The van der Waals surface area contributed by atoms with E-state index in [0.717, 1.165) is 12.1 Å². The molecule has 0 saturated carbocycles. The number of carbonyl (C=O) groups excluding carboxylic acids is 1. The van der Waals surface area contributed by atoms with E-state index in [9.17, 15) is 18.0 Å². The van der Waals surface area contributed by atoms with Crippen LogP contribution < -0.4 is 4.74 Å². The van der Waals surface area contributed by atoms with Gasteiger partial charge in [-0.15, -0.1) is 0 Å². The van der Waals surface area contributed by atoms with Gasteiger partial charge in [0.25, 0.3) is 0 Å². The van der Waals surface area contributed by atoms with Gasteiger partial charge in [0, 0.05) is 0 Å². The average molecular weight is 297 g/mol. The predicted octanol–water partition coefficient (Wildman–Crippen LogP) is 3.68. The van der Waals surface area contributed by atoms with Gasteiger partial charge in [-0.05, 0) is 35.0 Å². The number of hydrogen-bond acceptors (Lipinski definition) is 2. The molecule has 88 valence electrons. The summed E-state index contributed by atoms with van der Waals surface area (Å²) in [6.07, 6.45) is -4.49. The van der Waals surface area contributed by atoms with E-state index in [2.05, 4.69) is 15.9 Å². The fraction of sp³-hybridized carbons (Fsp3) is 0.300. The van der Waals surface area contributed by atoms with Crippen LogP contribution in [0.15, 0.2) is 16.6 Å². The molecule has 0 aliphatic rings. The maximum Gasteiger partial charge on any atom is 0.416 e. The van der Waals surface area contributed by atoms with Crippen LogP contribution in [0, 0.1) is 0 Å². The first-order valence-corrected chi connectivity index (χ1v) is 5.02. The lowest BCUT2D eigenvalue weighted by Gasteiger charge is -2.13. The van der Waals surface area contributed by atoms with E-state index in [1.54, 1.807) is 0 Å². The molecular weight excluding hydrogens is 289 g/mol. The second-order valence-electron chi connectivity index (χ2n) is 3.09. The van der Waals surface area contributed by atoms with Gasteiger partial charge in [0.2, 0.25) is 0 Å². The predicted molar refractivity (Wildman–Crippen MR) is 55.7 cm³/mol. The summed E-state index contributed by atoms with van der Waals surface area (Å²) in [7, 11) is 1.29. The van der Waals surface area contributed by atoms with E-state index in [1.165, 1.54) is 14.0 Å². The van der Waals surface area contributed by atoms with Gasteiger partial charge in [-0.25, -0.2) is 0 Å². The average Bonchev–Trinajstić information content (AvgIpc) is 2.14. The van der Waals surface area contributed by atoms with Crippen molar-refractivity contribution in [1.82, 2.24) is 0 Å². The second-order valence-corrected chi connectivity index (χ2v) is 3.95. The standard InChI is InChI=1S/C10H8BrF3O2/c1-5(15)7-3-6(10(12,13)14)4-8(11)9(7)16-2/h3-4H,1-2H3. The summed E-state index contributed by atoms with van der Waals surface area (Å²) in [6.45, 7) is 1.18. The van der Waals surface area contributed by atoms with Crippen molar-refractivity contribution in [3.63, 3.8) is 0 Å². The van der Waals surface area contributed by atoms with Crippen molar-refractivity contribution in [3.8, 4) is 5.75 Å². The minimum absolute atomic E-state index is 0.0933. The van der Waals surface area contributed by atoms with E-state index < -0.39 is 17.5 Å². The van der Waals surface area contributed by atoms with Gasteiger partial charge in [0.1, 0.15) is 5.75 Å².